The van der Waals surface area contributed by atoms with Crippen LogP contribution in [0.1, 0.15) is 24.8 Å². The van der Waals surface area contributed by atoms with Crippen molar-refractivity contribution in [3.05, 3.63) is 59.9 Å². The number of benzene rings is 2. The fourth-order valence-corrected chi connectivity index (χ4v) is 3.43. The Morgan fingerprint density at radius 3 is 2.25 bits per heavy atom. The Labute approximate surface area is 170 Å². The van der Waals surface area contributed by atoms with Gasteiger partial charge in [0.2, 0.25) is 0 Å². The molecule has 2 unspecified atom stereocenters. The van der Waals surface area contributed by atoms with Crippen LogP contribution in [0.2, 0.25) is 0 Å². The average Bonchev–Trinajstić information content (AvgIpc) is 2.66. The van der Waals surface area contributed by atoms with Gasteiger partial charge in [-0.2, -0.15) is 0 Å². The fraction of sp³-hybridized carbons (Fsp3) is 0.429. The van der Waals surface area contributed by atoms with Gasteiger partial charge in [-0.3, -0.25) is 0 Å². The first-order valence-corrected chi connectivity index (χ1v) is 9.26. The van der Waals surface area contributed by atoms with Crippen molar-refractivity contribution in [3.63, 3.8) is 0 Å². The molecule has 154 valence electrons. The van der Waals surface area contributed by atoms with Crippen molar-refractivity contribution in [2.75, 3.05) is 13.1 Å². The van der Waals surface area contributed by atoms with Crippen molar-refractivity contribution in [2.45, 2.75) is 43.5 Å². The highest BCUT2D eigenvalue weighted by Crippen LogP contribution is 2.28. The van der Waals surface area contributed by atoms with Gasteiger partial charge in [-0.05, 0) is 67.9 Å². The van der Waals surface area contributed by atoms with Crippen LogP contribution >= 0.6 is 12.4 Å². The van der Waals surface area contributed by atoms with Gasteiger partial charge in [0.15, 0.2) is 0 Å². The third-order valence-electron chi connectivity index (χ3n) is 5.09. The minimum Gasteiger partial charge on any atom is -0.508 e. The molecule has 1 aliphatic rings. The standard InChI is InChI=1S/C21H26FNO4.ClH/c22-16-3-1-15(2-4-16)13-19(27-18-7-5-17(24)6-8-18)14-20(25)21(26)9-11-23-12-10-21;/h1-8,19-20,23-26H,9-14H2;1H. The number of rotatable bonds is 7. The number of aliphatic hydroxyl groups is 2. The number of aliphatic hydroxyl groups excluding tert-OH is 1. The van der Waals surface area contributed by atoms with E-state index in [1.165, 1.54) is 24.3 Å². The van der Waals surface area contributed by atoms with Crippen molar-refractivity contribution in [2.24, 2.45) is 0 Å². The highest BCUT2D eigenvalue weighted by Gasteiger charge is 2.38. The molecule has 28 heavy (non-hydrogen) atoms. The molecule has 1 saturated heterocycles. The molecule has 0 saturated carbocycles. The highest BCUT2D eigenvalue weighted by atomic mass is 35.5. The molecule has 1 fully saturated rings. The molecule has 7 heteroatoms. The molecular formula is C21H27ClFNO4. The lowest BCUT2D eigenvalue weighted by Gasteiger charge is -2.38. The Bertz CT molecular complexity index is 673. The second kappa shape index (κ2) is 10.1. The Morgan fingerprint density at radius 2 is 1.64 bits per heavy atom. The molecule has 0 bridgehead atoms. The molecule has 0 aliphatic carbocycles. The van der Waals surface area contributed by atoms with Gasteiger partial charge in [0, 0.05) is 12.8 Å². The summed E-state index contributed by atoms with van der Waals surface area (Å²) in [6, 6.07) is 12.5. The van der Waals surface area contributed by atoms with Crippen LogP contribution in [-0.2, 0) is 6.42 Å². The molecule has 1 aliphatic heterocycles. The van der Waals surface area contributed by atoms with Gasteiger partial charge in [-0.25, -0.2) is 4.39 Å². The SMILES string of the molecule is Cl.Oc1ccc(OC(Cc2ccc(F)cc2)CC(O)C2(O)CCNCC2)cc1. The van der Waals surface area contributed by atoms with Crippen LogP contribution in [0.4, 0.5) is 4.39 Å². The molecule has 2 aromatic rings. The Balaban J connectivity index is 0.00000280. The van der Waals surface area contributed by atoms with E-state index in [9.17, 15) is 19.7 Å². The Hall–Kier alpha value is -1.86. The van der Waals surface area contributed by atoms with Crippen LogP contribution in [0.15, 0.2) is 48.5 Å². The van der Waals surface area contributed by atoms with E-state index in [-0.39, 0.29) is 30.4 Å². The van der Waals surface area contributed by atoms with Crippen molar-refractivity contribution in [1.82, 2.24) is 5.32 Å². The van der Waals surface area contributed by atoms with E-state index in [4.69, 9.17) is 4.74 Å². The normalized spacial score (nSPS) is 18.0. The fourth-order valence-electron chi connectivity index (χ4n) is 3.43. The summed E-state index contributed by atoms with van der Waals surface area (Å²) >= 11 is 0. The Kier molecular flexibility index (Phi) is 8.07. The lowest BCUT2D eigenvalue weighted by atomic mass is 9.83. The molecule has 0 amide bonds. The van der Waals surface area contributed by atoms with Crippen LogP contribution in [0.3, 0.4) is 0 Å². The quantitative estimate of drug-likeness (QED) is 0.563. The third-order valence-corrected chi connectivity index (χ3v) is 5.09. The molecule has 0 aromatic heterocycles. The summed E-state index contributed by atoms with van der Waals surface area (Å²) in [7, 11) is 0. The Morgan fingerprint density at radius 1 is 1.04 bits per heavy atom. The van der Waals surface area contributed by atoms with E-state index in [1.807, 2.05) is 0 Å². The molecule has 3 rings (SSSR count). The number of piperidine rings is 1. The number of phenolic OH excluding ortho intramolecular Hbond substituents is 1. The summed E-state index contributed by atoms with van der Waals surface area (Å²) in [5.74, 6) is 0.393. The number of aromatic hydroxyl groups is 1. The first-order chi connectivity index (χ1) is 12.9. The van der Waals surface area contributed by atoms with Crippen molar-refractivity contribution < 1.29 is 24.4 Å². The van der Waals surface area contributed by atoms with Crippen molar-refractivity contribution >= 4 is 12.4 Å². The van der Waals surface area contributed by atoms with Crippen LogP contribution in [0.5, 0.6) is 11.5 Å². The number of nitrogens with one attached hydrogen (secondary N) is 1. The lowest BCUT2D eigenvalue weighted by molar-refractivity contribution is -0.105. The molecule has 2 atom stereocenters. The topological polar surface area (TPSA) is 82.0 Å². The zero-order chi connectivity index (χ0) is 19.3. The van der Waals surface area contributed by atoms with Crippen LogP contribution in [0, 0.1) is 5.82 Å². The second-order valence-corrected chi connectivity index (χ2v) is 7.17. The van der Waals surface area contributed by atoms with E-state index in [0.29, 0.717) is 38.1 Å². The zero-order valence-corrected chi connectivity index (χ0v) is 16.4. The lowest BCUT2D eigenvalue weighted by Crippen LogP contribution is -2.51. The van der Waals surface area contributed by atoms with Gasteiger partial charge in [-0.1, -0.05) is 12.1 Å². The molecule has 2 aromatic carbocycles. The van der Waals surface area contributed by atoms with Crippen LogP contribution in [-0.4, -0.2) is 46.2 Å². The van der Waals surface area contributed by atoms with Gasteiger partial charge in [0.1, 0.15) is 23.4 Å². The maximum Gasteiger partial charge on any atom is 0.123 e. The largest absolute Gasteiger partial charge is 0.508 e. The van der Waals surface area contributed by atoms with Crippen LogP contribution in [0.25, 0.3) is 0 Å². The minimum absolute atomic E-state index is 0. The minimum atomic E-state index is -1.13. The summed E-state index contributed by atoms with van der Waals surface area (Å²) in [4.78, 5) is 0. The molecule has 4 N–H and O–H groups in total. The number of halogens is 2. The van der Waals surface area contributed by atoms with Gasteiger partial charge >= 0.3 is 0 Å². The zero-order valence-electron chi connectivity index (χ0n) is 15.6. The predicted octanol–water partition coefficient (Wildman–Crippen LogP) is 2.81. The van der Waals surface area contributed by atoms with Gasteiger partial charge in [0.05, 0.1) is 11.7 Å². The maximum absolute atomic E-state index is 13.2. The molecule has 1 heterocycles. The molecule has 0 spiro atoms. The second-order valence-electron chi connectivity index (χ2n) is 7.17. The van der Waals surface area contributed by atoms with Crippen molar-refractivity contribution in [1.29, 1.82) is 0 Å². The molecule has 0 radical (unpaired) electrons. The number of phenols is 1. The monoisotopic (exact) mass is 411 g/mol. The maximum atomic E-state index is 13.2. The van der Waals surface area contributed by atoms with Crippen LogP contribution < -0.4 is 10.1 Å². The predicted molar refractivity (Wildman–Crippen MR) is 108 cm³/mol. The van der Waals surface area contributed by atoms with E-state index < -0.39 is 17.8 Å². The van der Waals surface area contributed by atoms with Gasteiger partial charge in [0.25, 0.3) is 0 Å². The van der Waals surface area contributed by atoms with E-state index >= 15 is 0 Å². The number of hydrogen-bond acceptors (Lipinski definition) is 5. The number of ether oxygens (including phenoxy) is 1. The first-order valence-electron chi connectivity index (χ1n) is 9.26. The highest BCUT2D eigenvalue weighted by molar-refractivity contribution is 5.85. The van der Waals surface area contributed by atoms with E-state index in [1.54, 1.807) is 24.3 Å². The average molecular weight is 412 g/mol. The number of hydrogen-bond donors (Lipinski definition) is 4. The van der Waals surface area contributed by atoms with E-state index in [0.717, 1.165) is 5.56 Å². The molecule has 5 nitrogen and oxygen atoms in total. The van der Waals surface area contributed by atoms with Gasteiger partial charge in [-0.15, -0.1) is 12.4 Å². The summed E-state index contributed by atoms with van der Waals surface area (Å²) in [6.07, 6.45) is 0.338. The van der Waals surface area contributed by atoms with E-state index in [2.05, 4.69) is 5.32 Å². The van der Waals surface area contributed by atoms with Crippen molar-refractivity contribution in [3.8, 4) is 11.5 Å². The summed E-state index contributed by atoms with van der Waals surface area (Å²) in [5.41, 5.74) is -0.255. The summed E-state index contributed by atoms with van der Waals surface area (Å²) in [5, 5.41) is 34.1. The molecular weight excluding hydrogens is 385 g/mol. The summed E-state index contributed by atoms with van der Waals surface area (Å²) in [6.45, 7) is 1.32. The van der Waals surface area contributed by atoms with Gasteiger partial charge < -0.3 is 25.4 Å². The third kappa shape index (κ3) is 6.07. The first kappa shape index (κ1) is 22.4. The smallest absolute Gasteiger partial charge is 0.123 e. The summed E-state index contributed by atoms with van der Waals surface area (Å²) < 4.78 is 19.2.